The van der Waals surface area contributed by atoms with Gasteiger partial charge in [-0.05, 0) is 60.5 Å². The minimum atomic E-state index is -0.167. The Labute approximate surface area is 168 Å². The molecule has 0 aliphatic rings. The number of benzene rings is 2. The quantitative estimate of drug-likeness (QED) is 0.616. The summed E-state index contributed by atoms with van der Waals surface area (Å²) in [4.78, 5) is 12.4. The molecule has 3 aromatic rings. The molecule has 3 rings (SSSR count). The van der Waals surface area contributed by atoms with Crippen molar-refractivity contribution < 1.29 is 9.53 Å². The van der Waals surface area contributed by atoms with E-state index < -0.39 is 0 Å². The number of aryl methyl sites for hydroxylation is 2. The molecule has 0 bridgehead atoms. The van der Waals surface area contributed by atoms with Gasteiger partial charge in [-0.1, -0.05) is 36.0 Å². The Kier molecular flexibility index (Phi) is 6.30. The van der Waals surface area contributed by atoms with Gasteiger partial charge in [0.15, 0.2) is 0 Å². The molecule has 0 aliphatic carbocycles. The van der Waals surface area contributed by atoms with Crippen LogP contribution in [0.15, 0.2) is 47.6 Å². The Morgan fingerprint density at radius 1 is 1.21 bits per heavy atom. The topological polar surface area (TPSA) is 81.9 Å². The Morgan fingerprint density at radius 3 is 2.75 bits per heavy atom. The van der Waals surface area contributed by atoms with Crippen LogP contribution in [0.25, 0.3) is 5.69 Å². The third kappa shape index (κ3) is 4.51. The first-order valence-corrected chi connectivity index (χ1v) is 9.89. The van der Waals surface area contributed by atoms with E-state index in [-0.39, 0.29) is 17.7 Å². The maximum absolute atomic E-state index is 12.4. The highest BCUT2D eigenvalue weighted by atomic mass is 32.2. The summed E-state index contributed by atoms with van der Waals surface area (Å²) in [5, 5.41) is 15.4. The van der Waals surface area contributed by atoms with E-state index in [2.05, 4.69) is 27.8 Å². The molecule has 7 nitrogen and oxygen atoms in total. The fraction of sp³-hybridized carbons (Fsp3) is 0.300. The largest absolute Gasteiger partial charge is 0.496 e. The first-order valence-electron chi connectivity index (χ1n) is 8.90. The molecule has 0 radical (unpaired) electrons. The van der Waals surface area contributed by atoms with Crippen molar-refractivity contribution in [2.45, 2.75) is 32.0 Å². The minimum absolute atomic E-state index is 0.0990. The molecule has 0 saturated heterocycles. The lowest BCUT2D eigenvalue weighted by Crippen LogP contribution is -2.28. The number of ether oxygens (including phenoxy) is 1. The van der Waals surface area contributed by atoms with Crippen LogP contribution in [0.5, 0.6) is 5.75 Å². The number of tetrazole rings is 1. The second-order valence-corrected chi connectivity index (χ2v) is 7.40. The average Bonchev–Trinajstić information content (AvgIpc) is 3.17. The van der Waals surface area contributed by atoms with Crippen LogP contribution >= 0.6 is 11.8 Å². The number of aromatic nitrogens is 4. The second-order valence-electron chi connectivity index (χ2n) is 6.46. The lowest BCUT2D eigenvalue weighted by molar-refractivity contribution is -0.119. The van der Waals surface area contributed by atoms with Gasteiger partial charge in [-0.2, -0.15) is 4.68 Å². The zero-order valence-corrected chi connectivity index (χ0v) is 17.2. The molecule has 1 unspecified atom stereocenters. The number of nitrogens with zero attached hydrogens (tertiary/aromatic N) is 4. The van der Waals surface area contributed by atoms with Gasteiger partial charge in [0, 0.05) is 5.56 Å². The van der Waals surface area contributed by atoms with E-state index >= 15 is 0 Å². The summed E-state index contributed by atoms with van der Waals surface area (Å²) in [5.41, 5.74) is 4.17. The molecule has 0 aliphatic heterocycles. The number of para-hydroxylation sites is 1. The number of methoxy groups -OCH3 is 1. The molecule has 0 spiro atoms. The fourth-order valence-corrected chi connectivity index (χ4v) is 3.51. The molecule has 8 heteroatoms. The number of amides is 1. The van der Waals surface area contributed by atoms with Crippen molar-refractivity contribution in [3.63, 3.8) is 0 Å². The highest BCUT2D eigenvalue weighted by Crippen LogP contribution is 2.25. The summed E-state index contributed by atoms with van der Waals surface area (Å²) < 4.78 is 7.01. The molecule has 146 valence electrons. The third-order valence-electron chi connectivity index (χ3n) is 4.49. The Balaban J connectivity index is 1.64. The molecule has 2 aromatic carbocycles. The van der Waals surface area contributed by atoms with Gasteiger partial charge in [-0.15, -0.1) is 5.10 Å². The van der Waals surface area contributed by atoms with Crippen LogP contribution in [0, 0.1) is 13.8 Å². The summed E-state index contributed by atoms with van der Waals surface area (Å²) in [5.74, 6) is 0.865. The van der Waals surface area contributed by atoms with Gasteiger partial charge in [-0.3, -0.25) is 4.79 Å². The third-order valence-corrected chi connectivity index (χ3v) is 5.41. The van der Waals surface area contributed by atoms with Crippen molar-refractivity contribution in [3.8, 4) is 11.4 Å². The molecular weight excluding hydrogens is 374 g/mol. The van der Waals surface area contributed by atoms with Crippen LogP contribution in [0.4, 0.5) is 0 Å². The van der Waals surface area contributed by atoms with Crippen molar-refractivity contribution in [1.29, 1.82) is 0 Å². The Hall–Kier alpha value is -2.87. The van der Waals surface area contributed by atoms with Crippen molar-refractivity contribution in [1.82, 2.24) is 25.5 Å². The minimum Gasteiger partial charge on any atom is -0.496 e. The van der Waals surface area contributed by atoms with E-state index in [9.17, 15) is 4.79 Å². The maximum atomic E-state index is 12.4. The van der Waals surface area contributed by atoms with E-state index in [1.807, 2.05) is 56.3 Å². The van der Waals surface area contributed by atoms with Gasteiger partial charge in [0.2, 0.25) is 11.1 Å². The lowest BCUT2D eigenvalue weighted by Gasteiger charge is -2.17. The summed E-state index contributed by atoms with van der Waals surface area (Å²) in [6.45, 7) is 6.03. The number of carbonyl (C=O) groups excluding carboxylic acids is 1. The smallest absolute Gasteiger partial charge is 0.230 e. The molecule has 1 N–H and O–H groups in total. The number of carbonyl (C=O) groups is 1. The van der Waals surface area contributed by atoms with E-state index in [1.54, 1.807) is 11.8 Å². The normalized spacial score (nSPS) is 11.9. The van der Waals surface area contributed by atoms with Crippen molar-refractivity contribution in [2.75, 3.05) is 12.9 Å². The highest BCUT2D eigenvalue weighted by Gasteiger charge is 2.16. The molecule has 1 atom stereocenters. The summed E-state index contributed by atoms with van der Waals surface area (Å²) in [6.07, 6.45) is 0. The summed E-state index contributed by atoms with van der Waals surface area (Å²) in [7, 11) is 1.62. The zero-order chi connectivity index (χ0) is 20.1. The summed E-state index contributed by atoms with van der Waals surface area (Å²) in [6, 6.07) is 13.5. The molecule has 0 saturated carbocycles. The van der Waals surface area contributed by atoms with Gasteiger partial charge in [0.05, 0.1) is 24.6 Å². The molecule has 1 heterocycles. The SMILES string of the molecule is COc1ccccc1C(C)NC(=O)CSc1nnnn1-c1ccc(C)c(C)c1. The van der Waals surface area contributed by atoms with Gasteiger partial charge in [0.1, 0.15) is 5.75 Å². The van der Waals surface area contributed by atoms with Crippen molar-refractivity contribution in [2.24, 2.45) is 0 Å². The van der Waals surface area contributed by atoms with Crippen LogP contribution in [0.1, 0.15) is 29.7 Å². The fourth-order valence-electron chi connectivity index (χ4n) is 2.80. The summed E-state index contributed by atoms with van der Waals surface area (Å²) >= 11 is 1.30. The van der Waals surface area contributed by atoms with Crippen molar-refractivity contribution in [3.05, 3.63) is 59.2 Å². The van der Waals surface area contributed by atoms with Crippen LogP contribution in [-0.2, 0) is 4.79 Å². The Bertz CT molecular complexity index is 973. The molecular formula is C20H23N5O2S. The average molecular weight is 398 g/mol. The molecule has 28 heavy (non-hydrogen) atoms. The van der Waals surface area contributed by atoms with Gasteiger partial charge in [-0.25, -0.2) is 0 Å². The van der Waals surface area contributed by atoms with E-state index in [1.165, 1.54) is 17.3 Å². The Morgan fingerprint density at radius 2 is 2.00 bits per heavy atom. The number of thioether (sulfide) groups is 1. The standard InChI is InChI=1S/C20H23N5O2S/c1-13-9-10-16(11-14(13)2)25-20(22-23-24-25)28-12-19(26)21-15(3)17-7-5-6-8-18(17)27-4/h5-11,15H,12H2,1-4H3,(H,21,26). The number of hydrogen-bond acceptors (Lipinski definition) is 6. The lowest BCUT2D eigenvalue weighted by atomic mass is 10.1. The van der Waals surface area contributed by atoms with Crippen molar-refractivity contribution >= 4 is 17.7 Å². The van der Waals surface area contributed by atoms with Gasteiger partial charge < -0.3 is 10.1 Å². The van der Waals surface area contributed by atoms with Crippen LogP contribution in [0.2, 0.25) is 0 Å². The number of hydrogen-bond donors (Lipinski definition) is 1. The molecule has 1 aromatic heterocycles. The van der Waals surface area contributed by atoms with E-state index in [0.717, 1.165) is 22.6 Å². The van der Waals surface area contributed by atoms with E-state index in [0.29, 0.717) is 5.16 Å². The zero-order valence-electron chi connectivity index (χ0n) is 16.3. The molecule has 0 fully saturated rings. The molecule has 1 amide bonds. The monoisotopic (exact) mass is 397 g/mol. The van der Waals surface area contributed by atoms with Gasteiger partial charge in [0.25, 0.3) is 0 Å². The van der Waals surface area contributed by atoms with Crippen LogP contribution in [-0.4, -0.2) is 39.0 Å². The number of rotatable bonds is 7. The van der Waals surface area contributed by atoms with Crippen LogP contribution < -0.4 is 10.1 Å². The first-order chi connectivity index (χ1) is 13.5. The van der Waals surface area contributed by atoms with Crippen LogP contribution in [0.3, 0.4) is 0 Å². The first kappa shape index (κ1) is 19.9. The predicted octanol–water partition coefficient (Wildman–Crippen LogP) is 3.26. The predicted molar refractivity (Wildman–Crippen MR) is 109 cm³/mol. The van der Waals surface area contributed by atoms with Gasteiger partial charge >= 0.3 is 0 Å². The second kappa shape index (κ2) is 8.88. The maximum Gasteiger partial charge on any atom is 0.230 e. The van der Waals surface area contributed by atoms with E-state index in [4.69, 9.17) is 4.74 Å². The highest BCUT2D eigenvalue weighted by molar-refractivity contribution is 7.99. The number of nitrogens with one attached hydrogen (secondary N) is 1.